The Morgan fingerprint density at radius 2 is 1.78 bits per heavy atom. The van der Waals surface area contributed by atoms with E-state index in [1.165, 1.54) is 30.1 Å². The van der Waals surface area contributed by atoms with Crippen LogP contribution in [-0.4, -0.2) is 32.2 Å². The van der Waals surface area contributed by atoms with E-state index >= 15 is 0 Å². The van der Waals surface area contributed by atoms with E-state index in [1.807, 2.05) is 0 Å². The Morgan fingerprint density at radius 3 is 2.43 bits per heavy atom. The standard InChI is InChI=1S/C26H24ClN5O5/c1-17(25(34)36-2)15-32-24(33)13-22(31(26(32)35)16-18-3-5-19(27)6-4-18)30-20-7-9-21(10-8-20)37-23-14-28-11-12-29-23/h3-14,17,30H,15-16H2,1-2H3/t17-/m0/s1. The maximum absolute atomic E-state index is 13.5. The molecule has 0 aliphatic heterocycles. The first-order valence-electron chi connectivity index (χ1n) is 11.3. The van der Waals surface area contributed by atoms with Crippen molar-refractivity contribution in [2.45, 2.75) is 20.0 Å². The molecule has 0 bridgehead atoms. The number of hydrogen-bond acceptors (Lipinski definition) is 8. The van der Waals surface area contributed by atoms with Crippen LogP contribution in [0.2, 0.25) is 5.02 Å². The second-order valence-electron chi connectivity index (χ2n) is 8.19. The Morgan fingerprint density at radius 1 is 1.05 bits per heavy atom. The van der Waals surface area contributed by atoms with Crippen molar-refractivity contribution in [2.75, 3.05) is 12.4 Å². The van der Waals surface area contributed by atoms with Crippen LogP contribution in [0.15, 0.2) is 82.8 Å². The fraction of sp³-hybridized carbons (Fsp3) is 0.192. The summed E-state index contributed by atoms with van der Waals surface area (Å²) in [5, 5.41) is 3.70. The summed E-state index contributed by atoms with van der Waals surface area (Å²) in [5.74, 6) is -0.0160. The van der Waals surface area contributed by atoms with Gasteiger partial charge in [-0.1, -0.05) is 30.7 Å². The predicted molar refractivity (Wildman–Crippen MR) is 139 cm³/mol. The summed E-state index contributed by atoms with van der Waals surface area (Å²) in [4.78, 5) is 46.3. The van der Waals surface area contributed by atoms with Crippen molar-refractivity contribution >= 4 is 29.1 Å². The molecular formula is C26H24ClN5O5. The highest BCUT2D eigenvalue weighted by atomic mass is 35.5. The van der Waals surface area contributed by atoms with Crippen molar-refractivity contribution in [2.24, 2.45) is 5.92 Å². The van der Waals surface area contributed by atoms with Crippen LogP contribution in [0.5, 0.6) is 11.6 Å². The van der Waals surface area contributed by atoms with Gasteiger partial charge in [0.2, 0.25) is 5.88 Å². The number of rotatable bonds is 9. The molecule has 0 saturated carbocycles. The number of anilines is 2. The molecule has 2 heterocycles. The largest absolute Gasteiger partial charge is 0.469 e. The van der Waals surface area contributed by atoms with Crippen molar-refractivity contribution in [3.63, 3.8) is 0 Å². The maximum atomic E-state index is 13.5. The number of ether oxygens (including phenoxy) is 2. The Labute approximate surface area is 217 Å². The van der Waals surface area contributed by atoms with Crippen molar-refractivity contribution in [3.8, 4) is 11.6 Å². The highest BCUT2D eigenvalue weighted by Gasteiger charge is 2.19. The van der Waals surface area contributed by atoms with Crippen LogP contribution in [0, 0.1) is 5.92 Å². The molecule has 0 aliphatic rings. The lowest BCUT2D eigenvalue weighted by atomic mass is 10.2. The van der Waals surface area contributed by atoms with Gasteiger partial charge in [0.15, 0.2) is 0 Å². The van der Waals surface area contributed by atoms with Gasteiger partial charge in [-0.3, -0.25) is 23.7 Å². The quantitative estimate of drug-likeness (QED) is 0.330. The van der Waals surface area contributed by atoms with Gasteiger partial charge in [-0.05, 0) is 42.0 Å². The van der Waals surface area contributed by atoms with Crippen molar-refractivity contribution in [1.82, 2.24) is 19.1 Å². The van der Waals surface area contributed by atoms with E-state index in [0.717, 1.165) is 10.1 Å². The molecule has 2 aromatic carbocycles. The zero-order valence-corrected chi connectivity index (χ0v) is 20.9. The third-order valence-electron chi connectivity index (χ3n) is 5.48. The first-order valence-corrected chi connectivity index (χ1v) is 11.7. The normalized spacial score (nSPS) is 11.5. The zero-order valence-electron chi connectivity index (χ0n) is 20.1. The number of esters is 1. The highest BCUT2D eigenvalue weighted by molar-refractivity contribution is 6.30. The second-order valence-corrected chi connectivity index (χ2v) is 8.63. The van der Waals surface area contributed by atoms with Gasteiger partial charge in [0.05, 0.1) is 25.8 Å². The molecule has 0 radical (unpaired) electrons. The Hall–Kier alpha value is -4.44. The minimum absolute atomic E-state index is 0.111. The fourth-order valence-corrected chi connectivity index (χ4v) is 3.70. The van der Waals surface area contributed by atoms with E-state index in [4.69, 9.17) is 21.1 Å². The van der Waals surface area contributed by atoms with Gasteiger partial charge < -0.3 is 14.8 Å². The lowest BCUT2D eigenvalue weighted by Gasteiger charge is -2.18. The van der Waals surface area contributed by atoms with Crippen molar-refractivity contribution < 1.29 is 14.3 Å². The van der Waals surface area contributed by atoms with Crippen LogP contribution in [0.4, 0.5) is 11.5 Å². The molecule has 4 rings (SSSR count). The molecule has 10 nitrogen and oxygen atoms in total. The SMILES string of the molecule is COC(=O)[C@@H](C)Cn1c(=O)cc(Nc2ccc(Oc3cnccn3)cc2)n(Cc2ccc(Cl)cc2)c1=O. The summed E-state index contributed by atoms with van der Waals surface area (Å²) < 4.78 is 12.9. The Kier molecular flexibility index (Phi) is 7.99. The summed E-state index contributed by atoms with van der Waals surface area (Å²) in [7, 11) is 1.26. The van der Waals surface area contributed by atoms with Gasteiger partial charge in [-0.2, -0.15) is 0 Å². The van der Waals surface area contributed by atoms with Crippen LogP contribution >= 0.6 is 11.6 Å². The molecule has 2 aromatic heterocycles. The van der Waals surface area contributed by atoms with Crippen LogP contribution in [0.1, 0.15) is 12.5 Å². The molecule has 0 amide bonds. The fourth-order valence-electron chi connectivity index (χ4n) is 3.58. The topological polar surface area (TPSA) is 117 Å². The maximum Gasteiger partial charge on any atom is 0.332 e. The number of nitrogens with one attached hydrogen (secondary N) is 1. The summed E-state index contributed by atoms with van der Waals surface area (Å²) in [6.07, 6.45) is 4.57. The minimum atomic E-state index is -0.681. The third kappa shape index (κ3) is 6.42. The molecule has 11 heteroatoms. The average molecular weight is 522 g/mol. The van der Waals surface area contributed by atoms with Gasteiger partial charge in [-0.25, -0.2) is 9.78 Å². The number of hydrogen-bond donors (Lipinski definition) is 1. The highest BCUT2D eigenvalue weighted by Crippen LogP contribution is 2.23. The van der Waals surface area contributed by atoms with E-state index in [-0.39, 0.29) is 18.9 Å². The third-order valence-corrected chi connectivity index (χ3v) is 5.73. The van der Waals surface area contributed by atoms with Crippen LogP contribution in [0.25, 0.3) is 0 Å². The van der Waals surface area contributed by atoms with E-state index in [9.17, 15) is 14.4 Å². The number of halogens is 1. The molecule has 4 aromatic rings. The molecule has 37 heavy (non-hydrogen) atoms. The van der Waals surface area contributed by atoms with E-state index in [0.29, 0.717) is 22.3 Å². The number of benzene rings is 2. The monoisotopic (exact) mass is 521 g/mol. The molecule has 0 unspecified atom stereocenters. The summed E-state index contributed by atoms with van der Waals surface area (Å²) in [5.41, 5.74) is 0.311. The summed E-state index contributed by atoms with van der Waals surface area (Å²) in [6, 6.07) is 15.3. The van der Waals surface area contributed by atoms with Crippen LogP contribution in [-0.2, 0) is 22.6 Å². The number of nitrogens with zero attached hydrogens (tertiary/aromatic N) is 4. The number of carbonyl (C=O) groups excluding carboxylic acids is 1. The first kappa shape index (κ1) is 25.6. The number of carbonyl (C=O) groups is 1. The second kappa shape index (κ2) is 11.5. The Bertz CT molecular complexity index is 1490. The van der Waals surface area contributed by atoms with Crippen molar-refractivity contribution in [3.05, 3.63) is 105 Å². The van der Waals surface area contributed by atoms with E-state index in [1.54, 1.807) is 61.7 Å². The molecule has 0 spiro atoms. The molecule has 1 atom stereocenters. The van der Waals surface area contributed by atoms with E-state index in [2.05, 4.69) is 15.3 Å². The lowest BCUT2D eigenvalue weighted by Crippen LogP contribution is -2.42. The Balaban J connectivity index is 1.66. The molecule has 0 aliphatic carbocycles. The van der Waals surface area contributed by atoms with Gasteiger partial charge in [0, 0.05) is 35.7 Å². The van der Waals surface area contributed by atoms with Crippen LogP contribution in [0.3, 0.4) is 0 Å². The van der Waals surface area contributed by atoms with E-state index < -0.39 is 23.1 Å². The molecule has 1 N–H and O–H groups in total. The molecule has 190 valence electrons. The van der Waals surface area contributed by atoms with Gasteiger partial charge in [0.1, 0.15) is 11.6 Å². The first-order chi connectivity index (χ1) is 17.8. The van der Waals surface area contributed by atoms with Crippen molar-refractivity contribution in [1.29, 1.82) is 0 Å². The average Bonchev–Trinajstić information content (AvgIpc) is 2.91. The van der Waals surface area contributed by atoms with Crippen LogP contribution < -0.4 is 21.3 Å². The molecular weight excluding hydrogens is 498 g/mol. The minimum Gasteiger partial charge on any atom is -0.469 e. The number of methoxy groups -OCH3 is 1. The van der Waals surface area contributed by atoms with Gasteiger partial charge in [-0.15, -0.1) is 0 Å². The zero-order chi connectivity index (χ0) is 26.4. The van der Waals surface area contributed by atoms with Gasteiger partial charge in [0.25, 0.3) is 5.56 Å². The number of aromatic nitrogens is 4. The van der Waals surface area contributed by atoms with Gasteiger partial charge >= 0.3 is 11.7 Å². The predicted octanol–water partition coefficient (Wildman–Crippen LogP) is 3.85. The molecule has 0 fully saturated rings. The summed E-state index contributed by atoms with van der Waals surface area (Å²) >= 11 is 6.01. The smallest absolute Gasteiger partial charge is 0.332 e. The summed E-state index contributed by atoms with van der Waals surface area (Å²) in [6.45, 7) is 1.65. The lowest BCUT2D eigenvalue weighted by molar-refractivity contribution is -0.145. The molecule has 0 saturated heterocycles.